The molecule has 0 amide bonds. The summed E-state index contributed by atoms with van der Waals surface area (Å²) in [6.07, 6.45) is 0.991. The van der Waals surface area contributed by atoms with E-state index in [4.69, 9.17) is 15.1 Å². The van der Waals surface area contributed by atoms with Gasteiger partial charge in [0.15, 0.2) is 0 Å². The Morgan fingerprint density at radius 1 is 1.65 bits per heavy atom. The molecule has 1 aromatic carbocycles. The molecule has 5 heteroatoms. The molecule has 0 bridgehead atoms. The zero-order valence-electron chi connectivity index (χ0n) is 9.11. The summed E-state index contributed by atoms with van der Waals surface area (Å²) in [6.45, 7) is 1.56. The SMILES string of the molecule is C/C(=C\C(=O)O)COc1cccc(F)c1C#N. The van der Waals surface area contributed by atoms with E-state index in [9.17, 15) is 9.18 Å². The van der Waals surface area contributed by atoms with Crippen LogP contribution in [0.3, 0.4) is 0 Å². The van der Waals surface area contributed by atoms with Crippen LogP contribution in [0, 0.1) is 17.1 Å². The molecule has 0 heterocycles. The number of nitrogens with zero attached hydrogens (tertiary/aromatic N) is 1. The number of carbonyl (C=O) groups is 1. The van der Waals surface area contributed by atoms with Crippen LogP contribution in [0.5, 0.6) is 5.75 Å². The monoisotopic (exact) mass is 235 g/mol. The molecular formula is C12H10FNO3. The van der Waals surface area contributed by atoms with Crippen LogP contribution < -0.4 is 4.74 Å². The van der Waals surface area contributed by atoms with Crippen molar-refractivity contribution in [3.8, 4) is 11.8 Å². The van der Waals surface area contributed by atoms with Crippen molar-refractivity contribution in [3.05, 3.63) is 41.2 Å². The number of nitriles is 1. The number of hydrogen-bond acceptors (Lipinski definition) is 3. The van der Waals surface area contributed by atoms with Crippen LogP contribution in [0.2, 0.25) is 0 Å². The molecule has 0 saturated heterocycles. The number of ether oxygens (including phenoxy) is 1. The molecule has 0 fully saturated rings. The van der Waals surface area contributed by atoms with Gasteiger partial charge >= 0.3 is 5.97 Å². The minimum Gasteiger partial charge on any atom is -0.488 e. The standard InChI is InChI=1S/C12H10FNO3/c1-8(5-12(15)16)7-17-11-4-2-3-10(13)9(11)6-14/h2-5H,7H2,1H3,(H,15,16)/b8-5+. The summed E-state index contributed by atoms with van der Waals surface area (Å²) in [7, 11) is 0. The molecular weight excluding hydrogens is 225 g/mol. The lowest BCUT2D eigenvalue weighted by molar-refractivity contribution is -0.131. The van der Waals surface area contributed by atoms with Crippen molar-refractivity contribution in [2.75, 3.05) is 6.61 Å². The van der Waals surface area contributed by atoms with E-state index in [0.29, 0.717) is 5.57 Å². The van der Waals surface area contributed by atoms with Crippen LogP contribution in [-0.2, 0) is 4.79 Å². The predicted molar refractivity (Wildman–Crippen MR) is 58.0 cm³/mol. The van der Waals surface area contributed by atoms with E-state index < -0.39 is 11.8 Å². The summed E-state index contributed by atoms with van der Waals surface area (Å²) in [4.78, 5) is 10.4. The molecule has 0 aliphatic rings. The Morgan fingerprint density at radius 3 is 2.94 bits per heavy atom. The first-order chi connectivity index (χ1) is 8.04. The van der Waals surface area contributed by atoms with Gasteiger partial charge in [-0.15, -0.1) is 0 Å². The summed E-state index contributed by atoms with van der Waals surface area (Å²) in [5, 5.41) is 17.2. The average molecular weight is 235 g/mol. The minimum absolute atomic E-state index is 0.00949. The fourth-order valence-electron chi connectivity index (χ4n) is 1.18. The molecule has 1 rings (SSSR count). The zero-order valence-corrected chi connectivity index (χ0v) is 9.11. The van der Waals surface area contributed by atoms with E-state index in [1.165, 1.54) is 12.1 Å². The highest BCUT2D eigenvalue weighted by atomic mass is 19.1. The number of carboxylic acid groups (broad SMARTS) is 1. The highest BCUT2D eigenvalue weighted by Crippen LogP contribution is 2.20. The Hall–Kier alpha value is -2.35. The molecule has 0 aliphatic carbocycles. The summed E-state index contributed by atoms with van der Waals surface area (Å²) in [5.41, 5.74) is 0.279. The maximum absolute atomic E-state index is 13.2. The van der Waals surface area contributed by atoms with Gasteiger partial charge in [0, 0.05) is 6.08 Å². The van der Waals surface area contributed by atoms with Crippen LogP contribution in [0.25, 0.3) is 0 Å². The maximum atomic E-state index is 13.2. The minimum atomic E-state index is -1.08. The third-order valence-corrected chi connectivity index (χ3v) is 1.91. The molecule has 17 heavy (non-hydrogen) atoms. The van der Waals surface area contributed by atoms with Crippen molar-refractivity contribution in [1.29, 1.82) is 5.26 Å². The van der Waals surface area contributed by atoms with E-state index in [-0.39, 0.29) is 17.9 Å². The van der Waals surface area contributed by atoms with Gasteiger partial charge in [-0.3, -0.25) is 0 Å². The van der Waals surface area contributed by atoms with Gasteiger partial charge in [-0.25, -0.2) is 9.18 Å². The molecule has 1 aromatic rings. The summed E-state index contributed by atoms with van der Waals surface area (Å²) in [5.74, 6) is -1.64. The number of aliphatic carboxylic acids is 1. The molecule has 1 N–H and O–H groups in total. The van der Waals surface area contributed by atoms with Crippen LogP contribution in [0.4, 0.5) is 4.39 Å². The molecule has 0 saturated carbocycles. The molecule has 0 aliphatic heterocycles. The third-order valence-electron chi connectivity index (χ3n) is 1.91. The van der Waals surface area contributed by atoms with Gasteiger partial charge < -0.3 is 9.84 Å². The second-order valence-electron chi connectivity index (χ2n) is 3.34. The van der Waals surface area contributed by atoms with E-state index in [1.807, 2.05) is 0 Å². The topological polar surface area (TPSA) is 70.3 Å². The van der Waals surface area contributed by atoms with Gasteiger partial charge in [0.05, 0.1) is 0 Å². The second kappa shape index (κ2) is 5.66. The van der Waals surface area contributed by atoms with Gasteiger partial charge in [0.25, 0.3) is 0 Å². The number of halogens is 1. The van der Waals surface area contributed by atoms with Gasteiger partial charge in [-0.05, 0) is 24.6 Å². The van der Waals surface area contributed by atoms with Crippen molar-refractivity contribution in [2.24, 2.45) is 0 Å². The Bertz CT molecular complexity index is 503. The van der Waals surface area contributed by atoms with Crippen molar-refractivity contribution in [2.45, 2.75) is 6.92 Å². The highest BCUT2D eigenvalue weighted by molar-refractivity contribution is 5.80. The smallest absolute Gasteiger partial charge is 0.328 e. The highest BCUT2D eigenvalue weighted by Gasteiger charge is 2.08. The van der Waals surface area contributed by atoms with Crippen LogP contribution in [0.1, 0.15) is 12.5 Å². The van der Waals surface area contributed by atoms with Crippen LogP contribution in [0.15, 0.2) is 29.8 Å². The third kappa shape index (κ3) is 3.61. The largest absolute Gasteiger partial charge is 0.488 e. The average Bonchev–Trinajstić information content (AvgIpc) is 2.25. The Morgan fingerprint density at radius 2 is 2.35 bits per heavy atom. The maximum Gasteiger partial charge on any atom is 0.328 e. The van der Waals surface area contributed by atoms with Gasteiger partial charge in [-0.2, -0.15) is 5.26 Å². The number of hydrogen-bond donors (Lipinski definition) is 1. The molecule has 88 valence electrons. The fourth-order valence-corrected chi connectivity index (χ4v) is 1.18. The Balaban J connectivity index is 2.81. The second-order valence-corrected chi connectivity index (χ2v) is 3.34. The first-order valence-electron chi connectivity index (χ1n) is 4.76. The molecule has 4 nitrogen and oxygen atoms in total. The summed E-state index contributed by atoms with van der Waals surface area (Å²) < 4.78 is 18.4. The van der Waals surface area contributed by atoms with Crippen molar-refractivity contribution >= 4 is 5.97 Å². The lowest BCUT2D eigenvalue weighted by atomic mass is 10.2. The quantitative estimate of drug-likeness (QED) is 0.811. The van der Waals surface area contributed by atoms with E-state index in [1.54, 1.807) is 13.0 Å². The summed E-state index contributed by atoms with van der Waals surface area (Å²) in [6, 6.07) is 5.72. The lowest BCUT2D eigenvalue weighted by Gasteiger charge is -2.07. The van der Waals surface area contributed by atoms with Crippen LogP contribution in [-0.4, -0.2) is 17.7 Å². The molecule has 0 atom stereocenters. The zero-order chi connectivity index (χ0) is 12.8. The van der Waals surface area contributed by atoms with Crippen molar-refractivity contribution < 1.29 is 19.0 Å². The Kier molecular flexibility index (Phi) is 4.23. The summed E-state index contributed by atoms with van der Waals surface area (Å²) >= 11 is 0. The number of rotatable bonds is 4. The van der Waals surface area contributed by atoms with Gasteiger partial charge in [-0.1, -0.05) is 6.07 Å². The van der Waals surface area contributed by atoms with Gasteiger partial charge in [0.1, 0.15) is 29.8 Å². The van der Waals surface area contributed by atoms with Crippen LogP contribution >= 0.6 is 0 Å². The van der Waals surface area contributed by atoms with Crippen molar-refractivity contribution in [1.82, 2.24) is 0 Å². The Labute approximate surface area is 97.6 Å². The first-order valence-corrected chi connectivity index (χ1v) is 4.76. The molecule has 0 aromatic heterocycles. The number of carboxylic acids is 1. The molecule has 0 unspecified atom stereocenters. The van der Waals surface area contributed by atoms with E-state index in [2.05, 4.69) is 0 Å². The predicted octanol–water partition coefficient (Wildman–Crippen LogP) is 2.11. The first kappa shape index (κ1) is 12.7. The van der Waals surface area contributed by atoms with Gasteiger partial charge in [0.2, 0.25) is 0 Å². The number of benzene rings is 1. The normalized spacial score (nSPS) is 10.8. The fraction of sp³-hybridized carbons (Fsp3) is 0.167. The van der Waals surface area contributed by atoms with Crippen molar-refractivity contribution in [3.63, 3.8) is 0 Å². The molecule has 0 radical (unpaired) electrons. The van der Waals surface area contributed by atoms with E-state index in [0.717, 1.165) is 12.1 Å². The molecule has 0 spiro atoms. The van der Waals surface area contributed by atoms with E-state index >= 15 is 0 Å². The lowest BCUT2D eigenvalue weighted by Crippen LogP contribution is -2.03.